The van der Waals surface area contributed by atoms with Crippen LogP contribution in [0.4, 0.5) is 0 Å². The van der Waals surface area contributed by atoms with Gasteiger partial charge < -0.3 is 5.73 Å². The standard InChI is InChI=1S/C15H19NS/c1-3-15(2)11(9-14(15)16)13-8-10-6-4-5-7-12(10)17-13/h4-8,11,14H,3,9,16H2,1-2H3. The Labute approximate surface area is 107 Å². The van der Waals surface area contributed by atoms with Crippen LogP contribution in [0.25, 0.3) is 10.1 Å². The topological polar surface area (TPSA) is 26.0 Å². The lowest BCUT2D eigenvalue weighted by Gasteiger charge is -2.52. The van der Waals surface area contributed by atoms with E-state index in [4.69, 9.17) is 5.73 Å². The molecule has 0 saturated heterocycles. The quantitative estimate of drug-likeness (QED) is 0.845. The molecule has 1 aliphatic carbocycles. The molecule has 1 nitrogen and oxygen atoms in total. The molecule has 0 amide bonds. The van der Waals surface area contributed by atoms with Crippen LogP contribution >= 0.6 is 11.3 Å². The largest absolute Gasteiger partial charge is 0.327 e. The Bertz CT molecular complexity index is 512. The summed E-state index contributed by atoms with van der Waals surface area (Å²) in [6.45, 7) is 4.61. The Hall–Kier alpha value is -0.860. The van der Waals surface area contributed by atoms with Crippen LogP contribution < -0.4 is 5.73 Å². The summed E-state index contributed by atoms with van der Waals surface area (Å²) in [5.41, 5.74) is 6.50. The molecular formula is C15H19NS. The first-order valence-corrected chi connectivity index (χ1v) is 7.21. The molecule has 2 aromatic rings. The Morgan fingerprint density at radius 3 is 2.82 bits per heavy atom. The summed E-state index contributed by atoms with van der Waals surface area (Å²) in [4.78, 5) is 1.53. The van der Waals surface area contributed by atoms with Crippen LogP contribution in [0, 0.1) is 5.41 Å². The highest BCUT2D eigenvalue weighted by atomic mass is 32.1. The molecular weight excluding hydrogens is 226 g/mol. The minimum absolute atomic E-state index is 0.306. The Morgan fingerprint density at radius 1 is 1.41 bits per heavy atom. The van der Waals surface area contributed by atoms with Gasteiger partial charge in [0.2, 0.25) is 0 Å². The third kappa shape index (κ3) is 1.54. The number of hydrogen-bond acceptors (Lipinski definition) is 2. The predicted octanol–water partition coefficient (Wildman–Crippen LogP) is 4.13. The van der Waals surface area contributed by atoms with E-state index in [1.165, 1.54) is 21.4 Å². The van der Waals surface area contributed by atoms with Crippen LogP contribution in [0.5, 0.6) is 0 Å². The van der Waals surface area contributed by atoms with Crippen LogP contribution in [0.1, 0.15) is 37.5 Å². The van der Waals surface area contributed by atoms with Gasteiger partial charge in [-0.1, -0.05) is 32.0 Å². The predicted molar refractivity (Wildman–Crippen MR) is 75.6 cm³/mol. The summed E-state index contributed by atoms with van der Waals surface area (Å²) >= 11 is 1.95. The molecule has 90 valence electrons. The molecule has 17 heavy (non-hydrogen) atoms. The van der Waals surface area contributed by atoms with E-state index in [2.05, 4.69) is 44.2 Å². The van der Waals surface area contributed by atoms with Crippen molar-refractivity contribution in [2.45, 2.75) is 38.6 Å². The van der Waals surface area contributed by atoms with Crippen molar-refractivity contribution in [1.29, 1.82) is 0 Å². The van der Waals surface area contributed by atoms with Crippen LogP contribution in [-0.2, 0) is 0 Å². The molecule has 3 rings (SSSR count). The molecule has 1 aromatic heterocycles. The molecule has 0 aliphatic heterocycles. The Kier molecular flexibility index (Phi) is 2.53. The van der Waals surface area contributed by atoms with E-state index in [0.717, 1.165) is 6.42 Å². The molecule has 1 fully saturated rings. The summed E-state index contributed by atoms with van der Waals surface area (Å²) in [6, 6.07) is 11.4. The second-order valence-corrected chi connectivity index (χ2v) is 6.56. The number of nitrogens with two attached hydrogens (primary N) is 1. The van der Waals surface area contributed by atoms with Gasteiger partial charge in [-0.05, 0) is 35.8 Å². The van der Waals surface area contributed by atoms with E-state index in [1.807, 2.05) is 11.3 Å². The van der Waals surface area contributed by atoms with Gasteiger partial charge in [-0.3, -0.25) is 0 Å². The average molecular weight is 245 g/mol. The minimum Gasteiger partial charge on any atom is -0.327 e. The lowest BCUT2D eigenvalue weighted by Crippen LogP contribution is -2.54. The molecule has 1 saturated carbocycles. The number of thiophene rings is 1. The lowest BCUT2D eigenvalue weighted by atomic mass is 9.56. The molecule has 2 heteroatoms. The van der Waals surface area contributed by atoms with Crippen molar-refractivity contribution in [3.8, 4) is 0 Å². The molecule has 2 N–H and O–H groups in total. The highest BCUT2D eigenvalue weighted by Gasteiger charge is 2.49. The number of benzene rings is 1. The van der Waals surface area contributed by atoms with Crippen molar-refractivity contribution in [2.24, 2.45) is 11.1 Å². The third-order valence-electron chi connectivity index (χ3n) is 4.68. The summed E-state index contributed by atoms with van der Waals surface area (Å²) in [5.74, 6) is 0.667. The fourth-order valence-corrected chi connectivity index (χ4v) is 4.35. The summed E-state index contributed by atoms with van der Waals surface area (Å²) in [6.07, 6.45) is 2.32. The molecule has 0 bridgehead atoms. The summed E-state index contributed by atoms with van der Waals surface area (Å²) < 4.78 is 1.40. The van der Waals surface area contributed by atoms with Gasteiger partial charge in [-0.2, -0.15) is 0 Å². The zero-order valence-corrected chi connectivity index (χ0v) is 11.3. The first-order chi connectivity index (χ1) is 8.15. The zero-order valence-electron chi connectivity index (χ0n) is 10.4. The minimum atomic E-state index is 0.306. The van der Waals surface area contributed by atoms with Gasteiger partial charge in [0.25, 0.3) is 0 Å². The van der Waals surface area contributed by atoms with E-state index in [0.29, 0.717) is 17.4 Å². The van der Waals surface area contributed by atoms with E-state index in [-0.39, 0.29) is 0 Å². The Morgan fingerprint density at radius 2 is 2.18 bits per heavy atom. The highest BCUT2D eigenvalue weighted by Crippen LogP contribution is 2.55. The van der Waals surface area contributed by atoms with Gasteiger partial charge in [0.05, 0.1) is 0 Å². The van der Waals surface area contributed by atoms with Crippen molar-refractivity contribution >= 4 is 21.4 Å². The van der Waals surface area contributed by atoms with Gasteiger partial charge in [0.1, 0.15) is 0 Å². The van der Waals surface area contributed by atoms with Gasteiger partial charge in [0.15, 0.2) is 0 Å². The van der Waals surface area contributed by atoms with E-state index < -0.39 is 0 Å². The summed E-state index contributed by atoms with van der Waals surface area (Å²) in [7, 11) is 0. The maximum atomic E-state index is 6.19. The van der Waals surface area contributed by atoms with Crippen LogP contribution in [0.3, 0.4) is 0 Å². The molecule has 0 spiro atoms. The number of hydrogen-bond donors (Lipinski definition) is 1. The molecule has 0 radical (unpaired) electrons. The first-order valence-electron chi connectivity index (χ1n) is 6.39. The second-order valence-electron chi connectivity index (χ2n) is 5.44. The van der Waals surface area contributed by atoms with Crippen molar-refractivity contribution in [3.63, 3.8) is 0 Å². The number of fused-ring (bicyclic) bond motifs is 1. The first kappa shape index (κ1) is 11.2. The molecule has 1 aliphatic rings. The average Bonchev–Trinajstić information content (AvgIpc) is 2.77. The van der Waals surface area contributed by atoms with E-state index >= 15 is 0 Å². The normalized spacial score (nSPS) is 32.6. The molecule has 3 atom stereocenters. The monoisotopic (exact) mass is 245 g/mol. The van der Waals surface area contributed by atoms with E-state index in [1.54, 1.807) is 0 Å². The van der Waals surface area contributed by atoms with Crippen molar-refractivity contribution < 1.29 is 0 Å². The molecule has 1 aromatic carbocycles. The van der Waals surface area contributed by atoms with Crippen molar-refractivity contribution in [1.82, 2.24) is 0 Å². The second kappa shape index (κ2) is 3.82. The highest BCUT2D eigenvalue weighted by molar-refractivity contribution is 7.19. The van der Waals surface area contributed by atoms with Gasteiger partial charge in [-0.15, -0.1) is 11.3 Å². The van der Waals surface area contributed by atoms with Crippen molar-refractivity contribution in [3.05, 3.63) is 35.2 Å². The fourth-order valence-electron chi connectivity index (χ4n) is 3.01. The van der Waals surface area contributed by atoms with E-state index in [9.17, 15) is 0 Å². The summed E-state index contributed by atoms with van der Waals surface area (Å²) in [5, 5.41) is 1.38. The Balaban J connectivity index is 2.00. The fraction of sp³-hybridized carbons (Fsp3) is 0.467. The zero-order chi connectivity index (χ0) is 12.0. The van der Waals surface area contributed by atoms with Crippen LogP contribution in [0.2, 0.25) is 0 Å². The number of rotatable bonds is 2. The van der Waals surface area contributed by atoms with Crippen LogP contribution in [-0.4, -0.2) is 6.04 Å². The smallest absolute Gasteiger partial charge is 0.0345 e. The maximum Gasteiger partial charge on any atom is 0.0345 e. The van der Waals surface area contributed by atoms with Gasteiger partial charge in [-0.25, -0.2) is 0 Å². The maximum absolute atomic E-state index is 6.19. The SMILES string of the molecule is CCC1(C)C(N)CC1c1cc2ccccc2s1. The molecule has 3 unspecified atom stereocenters. The van der Waals surface area contributed by atoms with Crippen LogP contribution in [0.15, 0.2) is 30.3 Å². The van der Waals surface area contributed by atoms with Gasteiger partial charge >= 0.3 is 0 Å². The van der Waals surface area contributed by atoms with Crippen molar-refractivity contribution in [2.75, 3.05) is 0 Å². The molecule has 1 heterocycles. The third-order valence-corrected chi connectivity index (χ3v) is 5.91. The lowest BCUT2D eigenvalue weighted by molar-refractivity contribution is 0.0729. The van der Waals surface area contributed by atoms with Gasteiger partial charge in [0, 0.05) is 21.5 Å².